The van der Waals surface area contributed by atoms with Crippen LogP contribution in [-0.4, -0.2) is 30.3 Å². The average molecular weight is 265 g/mol. The second kappa shape index (κ2) is 7.79. The number of nitrogens with one attached hydrogen (secondary N) is 1. The van der Waals surface area contributed by atoms with Gasteiger partial charge in [0, 0.05) is 18.2 Å². The molecule has 2 atom stereocenters. The van der Waals surface area contributed by atoms with Crippen LogP contribution in [0.4, 0.5) is 0 Å². The zero-order chi connectivity index (χ0) is 14.3. The third kappa shape index (κ3) is 4.91. The summed E-state index contributed by atoms with van der Waals surface area (Å²) in [7, 11) is 0. The highest BCUT2D eigenvalue weighted by Gasteiger charge is 2.14. The lowest BCUT2D eigenvalue weighted by Crippen LogP contribution is -2.38. The molecular formula is C15H23NO3. The highest BCUT2D eigenvalue weighted by molar-refractivity contribution is 5.94. The Balaban J connectivity index is 2.57. The van der Waals surface area contributed by atoms with Crippen LogP contribution in [0.25, 0.3) is 0 Å². The summed E-state index contributed by atoms with van der Waals surface area (Å²) >= 11 is 0. The third-order valence-corrected chi connectivity index (χ3v) is 3.09. The minimum absolute atomic E-state index is 0.0381. The molecule has 0 aliphatic heterocycles. The van der Waals surface area contributed by atoms with E-state index in [0.29, 0.717) is 12.2 Å². The van der Waals surface area contributed by atoms with Crippen LogP contribution in [0.2, 0.25) is 0 Å². The quantitative estimate of drug-likeness (QED) is 0.794. The van der Waals surface area contributed by atoms with Gasteiger partial charge < -0.3 is 15.2 Å². The number of carbonyl (C=O) groups is 1. The first kappa shape index (κ1) is 15.5. The Labute approximate surface area is 114 Å². The first-order valence-corrected chi connectivity index (χ1v) is 6.73. The number of aliphatic hydroxyl groups excluding tert-OH is 1. The molecule has 0 saturated carbocycles. The lowest BCUT2D eigenvalue weighted by molar-refractivity contribution is 0.0916. The van der Waals surface area contributed by atoms with Crippen LogP contribution in [-0.2, 0) is 0 Å². The van der Waals surface area contributed by atoms with Crippen LogP contribution in [0, 0.1) is 5.92 Å². The van der Waals surface area contributed by atoms with Crippen LogP contribution in [0.5, 0.6) is 5.75 Å². The molecule has 2 N–H and O–H groups in total. The maximum atomic E-state index is 12.0. The van der Waals surface area contributed by atoms with Gasteiger partial charge in [0.1, 0.15) is 5.75 Å². The van der Waals surface area contributed by atoms with Crippen molar-refractivity contribution in [1.29, 1.82) is 0 Å². The van der Waals surface area contributed by atoms with Gasteiger partial charge in [-0.25, -0.2) is 0 Å². The molecule has 0 heterocycles. The summed E-state index contributed by atoms with van der Waals surface area (Å²) in [5.41, 5.74) is 0.598. The summed E-state index contributed by atoms with van der Waals surface area (Å²) in [6, 6.07) is 7.02. The zero-order valence-corrected chi connectivity index (χ0v) is 11.8. The van der Waals surface area contributed by atoms with Crippen LogP contribution in [0.1, 0.15) is 37.6 Å². The molecule has 0 aliphatic rings. The summed E-state index contributed by atoms with van der Waals surface area (Å²) < 4.78 is 5.46. The van der Waals surface area contributed by atoms with Crippen molar-refractivity contribution >= 4 is 5.91 Å². The predicted octanol–water partition coefficient (Wildman–Crippen LogP) is 2.22. The fourth-order valence-electron chi connectivity index (χ4n) is 1.51. The number of ether oxygens (including phenoxy) is 1. The molecule has 4 heteroatoms. The molecule has 1 amide bonds. The number of amides is 1. The van der Waals surface area contributed by atoms with E-state index >= 15 is 0 Å². The lowest BCUT2D eigenvalue weighted by Gasteiger charge is -2.19. The van der Waals surface area contributed by atoms with Crippen molar-refractivity contribution in [2.45, 2.75) is 33.2 Å². The SMILES string of the molecule is CCCOc1ccc(C(=O)NC(C)C(C)CO)cc1. The van der Waals surface area contributed by atoms with Gasteiger partial charge in [-0.2, -0.15) is 0 Å². The molecule has 0 radical (unpaired) electrons. The van der Waals surface area contributed by atoms with Crippen molar-refractivity contribution in [3.63, 3.8) is 0 Å². The van der Waals surface area contributed by atoms with E-state index < -0.39 is 0 Å². The number of rotatable bonds is 7. The van der Waals surface area contributed by atoms with E-state index in [0.717, 1.165) is 12.2 Å². The molecule has 19 heavy (non-hydrogen) atoms. The molecule has 0 aromatic heterocycles. The monoisotopic (exact) mass is 265 g/mol. The number of carbonyl (C=O) groups excluding carboxylic acids is 1. The fourth-order valence-corrected chi connectivity index (χ4v) is 1.51. The van der Waals surface area contributed by atoms with Gasteiger partial charge in [0.2, 0.25) is 0 Å². The summed E-state index contributed by atoms with van der Waals surface area (Å²) in [5, 5.41) is 11.9. The van der Waals surface area contributed by atoms with E-state index in [1.807, 2.05) is 20.8 Å². The average Bonchev–Trinajstić information content (AvgIpc) is 2.44. The Hall–Kier alpha value is -1.55. The van der Waals surface area contributed by atoms with Gasteiger partial charge in [-0.15, -0.1) is 0 Å². The smallest absolute Gasteiger partial charge is 0.251 e. The highest BCUT2D eigenvalue weighted by atomic mass is 16.5. The van der Waals surface area contributed by atoms with Crippen molar-refractivity contribution in [2.24, 2.45) is 5.92 Å². The van der Waals surface area contributed by atoms with Crippen molar-refractivity contribution < 1.29 is 14.6 Å². The van der Waals surface area contributed by atoms with E-state index in [4.69, 9.17) is 9.84 Å². The number of hydrogen-bond donors (Lipinski definition) is 2. The fraction of sp³-hybridized carbons (Fsp3) is 0.533. The van der Waals surface area contributed by atoms with Crippen molar-refractivity contribution in [3.8, 4) is 5.75 Å². The van der Waals surface area contributed by atoms with E-state index in [1.165, 1.54) is 0 Å². The normalized spacial score (nSPS) is 13.7. The van der Waals surface area contributed by atoms with Crippen LogP contribution >= 0.6 is 0 Å². The number of hydrogen-bond acceptors (Lipinski definition) is 3. The van der Waals surface area contributed by atoms with Crippen LogP contribution < -0.4 is 10.1 Å². The summed E-state index contributed by atoms with van der Waals surface area (Å²) in [4.78, 5) is 12.0. The second-order valence-corrected chi connectivity index (χ2v) is 4.79. The molecule has 106 valence electrons. The lowest BCUT2D eigenvalue weighted by atomic mass is 10.0. The van der Waals surface area contributed by atoms with Gasteiger partial charge in [-0.1, -0.05) is 13.8 Å². The molecule has 1 rings (SSSR count). The summed E-state index contributed by atoms with van der Waals surface area (Å²) in [6.45, 7) is 6.57. The van der Waals surface area contributed by atoms with Gasteiger partial charge in [0.25, 0.3) is 5.91 Å². The standard InChI is InChI=1S/C15H23NO3/c1-4-9-19-14-7-5-13(6-8-14)15(18)16-12(3)11(2)10-17/h5-8,11-12,17H,4,9-10H2,1-3H3,(H,16,18). The van der Waals surface area contributed by atoms with Gasteiger partial charge in [-0.3, -0.25) is 4.79 Å². The molecule has 1 aromatic rings. The Morgan fingerprint density at radius 2 is 1.95 bits per heavy atom. The molecule has 0 saturated heterocycles. The van der Waals surface area contributed by atoms with Crippen molar-refractivity contribution in [3.05, 3.63) is 29.8 Å². The van der Waals surface area contributed by atoms with E-state index in [-0.39, 0.29) is 24.5 Å². The maximum Gasteiger partial charge on any atom is 0.251 e. The predicted molar refractivity (Wildman–Crippen MR) is 75.4 cm³/mol. The van der Waals surface area contributed by atoms with E-state index in [9.17, 15) is 4.79 Å². The number of aliphatic hydroxyl groups is 1. The molecule has 0 bridgehead atoms. The van der Waals surface area contributed by atoms with E-state index in [1.54, 1.807) is 24.3 Å². The Morgan fingerprint density at radius 1 is 1.32 bits per heavy atom. The third-order valence-electron chi connectivity index (χ3n) is 3.09. The molecule has 0 spiro atoms. The zero-order valence-electron chi connectivity index (χ0n) is 11.8. The summed E-state index contributed by atoms with van der Waals surface area (Å²) in [5.74, 6) is 0.682. The van der Waals surface area contributed by atoms with Gasteiger partial charge in [0.15, 0.2) is 0 Å². The Morgan fingerprint density at radius 3 is 2.47 bits per heavy atom. The topological polar surface area (TPSA) is 58.6 Å². The van der Waals surface area contributed by atoms with Gasteiger partial charge in [-0.05, 0) is 43.5 Å². The maximum absolute atomic E-state index is 12.0. The Kier molecular flexibility index (Phi) is 6.36. The highest BCUT2D eigenvalue weighted by Crippen LogP contribution is 2.13. The molecule has 4 nitrogen and oxygen atoms in total. The van der Waals surface area contributed by atoms with Gasteiger partial charge in [0.05, 0.1) is 6.61 Å². The minimum atomic E-state index is -0.130. The molecule has 0 aliphatic carbocycles. The van der Waals surface area contributed by atoms with Crippen molar-refractivity contribution in [2.75, 3.05) is 13.2 Å². The minimum Gasteiger partial charge on any atom is -0.494 e. The molecule has 2 unspecified atom stereocenters. The largest absolute Gasteiger partial charge is 0.494 e. The number of benzene rings is 1. The first-order chi connectivity index (χ1) is 9.08. The molecule has 0 fully saturated rings. The molecule has 1 aromatic carbocycles. The van der Waals surface area contributed by atoms with Gasteiger partial charge >= 0.3 is 0 Å². The van der Waals surface area contributed by atoms with E-state index in [2.05, 4.69) is 5.32 Å². The Bertz CT molecular complexity index is 389. The second-order valence-electron chi connectivity index (χ2n) is 4.79. The first-order valence-electron chi connectivity index (χ1n) is 6.73. The van der Waals surface area contributed by atoms with Crippen molar-refractivity contribution in [1.82, 2.24) is 5.32 Å². The summed E-state index contributed by atoms with van der Waals surface area (Å²) in [6.07, 6.45) is 0.957. The van der Waals surface area contributed by atoms with Crippen LogP contribution in [0.15, 0.2) is 24.3 Å². The van der Waals surface area contributed by atoms with Crippen LogP contribution in [0.3, 0.4) is 0 Å². The molecular weight excluding hydrogens is 242 g/mol.